The second kappa shape index (κ2) is 8.80. The number of aryl methyl sites for hydroxylation is 1. The lowest BCUT2D eigenvalue weighted by Gasteiger charge is -2.23. The lowest BCUT2D eigenvalue weighted by atomic mass is 10.1. The standard InChI is InChI=1S/C22H18ClFN8O/c1-3-16(30-20-13(9-25)19(26)28-11(2)29-20)21-31-18-15(24)7-6-14(23)17(18)22(33)32(21)12-5-4-8-27-10-12/h4-8,10,16H,3H2,1-2H3,(H3,26,28,29,30)/t16-/m1/s1. The van der Waals surface area contributed by atoms with Crippen molar-refractivity contribution >= 4 is 34.1 Å². The summed E-state index contributed by atoms with van der Waals surface area (Å²) in [6.45, 7) is 3.49. The Morgan fingerprint density at radius 3 is 2.76 bits per heavy atom. The van der Waals surface area contributed by atoms with Crippen molar-refractivity contribution < 1.29 is 4.39 Å². The highest BCUT2D eigenvalue weighted by Crippen LogP contribution is 2.29. The number of nitrogens with one attached hydrogen (secondary N) is 1. The van der Waals surface area contributed by atoms with Crippen molar-refractivity contribution in [3.8, 4) is 11.8 Å². The maximum atomic E-state index is 14.7. The molecule has 3 N–H and O–H groups in total. The van der Waals surface area contributed by atoms with Gasteiger partial charge < -0.3 is 11.1 Å². The molecule has 0 saturated heterocycles. The van der Waals surface area contributed by atoms with Gasteiger partial charge in [-0.1, -0.05) is 18.5 Å². The number of nitrogen functional groups attached to an aromatic ring is 1. The Kier molecular flexibility index (Phi) is 5.89. The van der Waals surface area contributed by atoms with E-state index in [1.807, 2.05) is 13.0 Å². The van der Waals surface area contributed by atoms with Crippen molar-refractivity contribution in [3.05, 3.63) is 75.1 Å². The summed E-state index contributed by atoms with van der Waals surface area (Å²) in [5.41, 5.74) is 5.67. The predicted molar refractivity (Wildman–Crippen MR) is 123 cm³/mol. The minimum atomic E-state index is -0.680. The summed E-state index contributed by atoms with van der Waals surface area (Å²) < 4.78 is 16.0. The molecule has 0 aliphatic carbocycles. The first-order valence-electron chi connectivity index (χ1n) is 9.97. The highest BCUT2D eigenvalue weighted by molar-refractivity contribution is 6.35. The van der Waals surface area contributed by atoms with Crippen LogP contribution in [0.1, 0.15) is 36.6 Å². The Morgan fingerprint density at radius 2 is 2.09 bits per heavy atom. The number of nitrogens with two attached hydrogens (primary N) is 1. The smallest absolute Gasteiger partial charge is 0.267 e. The highest BCUT2D eigenvalue weighted by atomic mass is 35.5. The monoisotopic (exact) mass is 464 g/mol. The molecule has 0 amide bonds. The van der Waals surface area contributed by atoms with Crippen LogP contribution in [0.3, 0.4) is 0 Å². The van der Waals surface area contributed by atoms with E-state index in [-0.39, 0.29) is 38.9 Å². The first-order valence-corrected chi connectivity index (χ1v) is 10.3. The van der Waals surface area contributed by atoms with Crippen molar-refractivity contribution in [1.29, 1.82) is 5.26 Å². The summed E-state index contributed by atoms with van der Waals surface area (Å²) >= 11 is 6.25. The zero-order chi connectivity index (χ0) is 23.7. The molecular weight excluding hydrogens is 447 g/mol. The lowest BCUT2D eigenvalue weighted by Crippen LogP contribution is -2.29. The van der Waals surface area contributed by atoms with Gasteiger partial charge in [-0.05, 0) is 37.6 Å². The van der Waals surface area contributed by atoms with Gasteiger partial charge in [0.1, 0.15) is 40.4 Å². The van der Waals surface area contributed by atoms with Gasteiger partial charge in [-0.3, -0.25) is 14.3 Å². The molecule has 0 spiro atoms. The van der Waals surface area contributed by atoms with E-state index in [2.05, 4.69) is 25.3 Å². The van der Waals surface area contributed by atoms with Gasteiger partial charge in [0.05, 0.1) is 28.3 Å². The molecule has 0 bridgehead atoms. The Bertz CT molecular complexity index is 1470. The number of aromatic nitrogens is 5. The fourth-order valence-corrected chi connectivity index (χ4v) is 3.76. The molecule has 3 heterocycles. The fraction of sp³-hybridized carbons (Fsp3) is 0.182. The number of rotatable bonds is 5. The average molecular weight is 465 g/mol. The van der Waals surface area contributed by atoms with Crippen molar-refractivity contribution in [3.63, 3.8) is 0 Å². The minimum Gasteiger partial charge on any atom is -0.382 e. The molecule has 0 unspecified atom stereocenters. The van der Waals surface area contributed by atoms with E-state index < -0.39 is 17.4 Å². The first kappa shape index (κ1) is 22.1. The van der Waals surface area contributed by atoms with Crippen LogP contribution in [0.25, 0.3) is 16.6 Å². The Hall–Kier alpha value is -4.10. The molecule has 1 atom stereocenters. The van der Waals surface area contributed by atoms with Crippen LogP contribution < -0.4 is 16.6 Å². The van der Waals surface area contributed by atoms with Gasteiger partial charge in [-0.2, -0.15) is 5.26 Å². The maximum absolute atomic E-state index is 14.7. The molecule has 9 nitrogen and oxygen atoms in total. The van der Waals surface area contributed by atoms with Gasteiger partial charge in [0.25, 0.3) is 5.56 Å². The molecule has 0 aliphatic rings. The number of halogens is 2. The number of hydrogen-bond donors (Lipinski definition) is 2. The molecule has 0 aliphatic heterocycles. The third kappa shape index (κ3) is 3.94. The maximum Gasteiger partial charge on any atom is 0.267 e. The van der Waals surface area contributed by atoms with Crippen LogP contribution in [-0.2, 0) is 0 Å². The second-order valence-electron chi connectivity index (χ2n) is 7.17. The molecule has 0 fully saturated rings. The fourth-order valence-electron chi connectivity index (χ4n) is 3.53. The van der Waals surface area contributed by atoms with Gasteiger partial charge in [-0.15, -0.1) is 0 Å². The summed E-state index contributed by atoms with van der Waals surface area (Å²) in [5.74, 6) is 0.0887. The number of benzene rings is 1. The van der Waals surface area contributed by atoms with Gasteiger partial charge in [0.2, 0.25) is 0 Å². The molecule has 0 radical (unpaired) electrons. The number of nitriles is 1. The van der Waals surface area contributed by atoms with Crippen LogP contribution in [0.2, 0.25) is 5.02 Å². The molecule has 166 valence electrons. The summed E-state index contributed by atoms with van der Waals surface area (Å²) in [6.07, 6.45) is 3.47. The molecule has 0 saturated carbocycles. The van der Waals surface area contributed by atoms with E-state index in [1.165, 1.54) is 16.8 Å². The van der Waals surface area contributed by atoms with Crippen LogP contribution in [-0.4, -0.2) is 24.5 Å². The number of anilines is 2. The second-order valence-corrected chi connectivity index (χ2v) is 7.58. The van der Waals surface area contributed by atoms with E-state index >= 15 is 0 Å². The van der Waals surface area contributed by atoms with Crippen LogP contribution in [0.15, 0.2) is 41.5 Å². The lowest BCUT2D eigenvalue weighted by molar-refractivity contribution is 0.625. The third-order valence-electron chi connectivity index (χ3n) is 5.05. The van der Waals surface area contributed by atoms with Crippen molar-refractivity contribution in [2.75, 3.05) is 11.1 Å². The Balaban J connectivity index is 2.01. The summed E-state index contributed by atoms with van der Waals surface area (Å²) in [4.78, 5) is 30.4. The normalized spacial score (nSPS) is 11.8. The summed E-state index contributed by atoms with van der Waals surface area (Å²) in [7, 11) is 0. The number of fused-ring (bicyclic) bond motifs is 1. The minimum absolute atomic E-state index is 0.0244. The van der Waals surface area contributed by atoms with Gasteiger partial charge in [0.15, 0.2) is 5.82 Å². The quantitative estimate of drug-likeness (QED) is 0.456. The van der Waals surface area contributed by atoms with E-state index in [1.54, 1.807) is 25.3 Å². The van der Waals surface area contributed by atoms with Crippen LogP contribution in [0, 0.1) is 24.1 Å². The van der Waals surface area contributed by atoms with Crippen LogP contribution >= 0.6 is 11.6 Å². The Labute approximate surface area is 192 Å². The largest absolute Gasteiger partial charge is 0.382 e. The number of pyridine rings is 1. The molecule has 3 aromatic heterocycles. The Morgan fingerprint density at radius 1 is 1.30 bits per heavy atom. The molecule has 4 rings (SSSR count). The zero-order valence-corrected chi connectivity index (χ0v) is 18.4. The van der Waals surface area contributed by atoms with E-state index in [4.69, 9.17) is 17.3 Å². The van der Waals surface area contributed by atoms with Crippen LogP contribution in [0.4, 0.5) is 16.0 Å². The van der Waals surface area contributed by atoms with E-state index in [9.17, 15) is 14.4 Å². The molecular formula is C22H18ClFN8O. The topological polar surface area (TPSA) is 135 Å². The van der Waals surface area contributed by atoms with Crippen LogP contribution in [0.5, 0.6) is 0 Å². The number of hydrogen-bond acceptors (Lipinski definition) is 8. The molecule has 33 heavy (non-hydrogen) atoms. The molecule has 11 heteroatoms. The zero-order valence-electron chi connectivity index (χ0n) is 17.7. The highest BCUT2D eigenvalue weighted by Gasteiger charge is 2.24. The molecule has 1 aromatic carbocycles. The summed E-state index contributed by atoms with van der Waals surface area (Å²) in [5, 5.41) is 12.7. The average Bonchev–Trinajstić information content (AvgIpc) is 2.80. The van der Waals surface area contributed by atoms with Gasteiger partial charge in [-0.25, -0.2) is 19.3 Å². The van der Waals surface area contributed by atoms with Gasteiger partial charge in [0, 0.05) is 6.20 Å². The third-order valence-corrected chi connectivity index (χ3v) is 5.36. The summed E-state index contributed by atoms with van der Waals surface area (Å²) in [6, 6.07) is 7.16. The van der Waals surface area contributed by atoms with E-state index in [0.29, 0.717) is 17.9 Å². The number of nitrogens with zero attached hydrogens (tertiary/aromatic N) is 6. The van der Waals surface area contributed by atoms with Crippen molar-refractivity contribution in [2.45, 2.75) is 26.3 Å². The van der Waals surface area contributed by atoms with E-state index in [0.717, 1.165) is 6.07 Å². The molecule has 4 aromatic rings. The van der Waals surface area contributed by atoms with Crippen molar-refractivity contribution in [1.82, 2.24) is 24.5 Å². The first-order chi connectivity index (χ1) is 15.8. The predicted octanol–water partition coefficient (Wildman–Crippen LogP) is 3.69. The van der Waals surface area contributed by atoms with Crippen molar-refractivity contribution in [2.24, 2.45) is 0 Å². The SMILES string of the molecule is CC[C@@H](Nc1nc(C)nc(N)c1C#N)c1nc2c(F)ccc(Cl)c2c(=O)n1-c1cccnc1. The van der Waals surface area contributed by atoms with Gasteiger partial charge >= 0.3 is 0 Å².